The molecule has 1 fully saturated rings. The van der Waals surface area contributed by atoms with Crippen LogP contribution in [0, 0.1) is 0 Å². The lowest BCUT2D eigenvalue weighted by Crippen LogP contribution is -2.47. The molecule has 1 aliphatic heterocycles. The van der Waals surface area contributed by atoms with Crippen LogP contribution in [0.4, 0.5) is 0 Å². The lowest BCUT2D eigenvalue weighted by molar-refractivity contribution is -0.117. The fraction of sp³-hybridized carbons (Fsp3) is 0.394. The molecule has 3 aromatic rings. The number of rotatable bonds is 10. The first-order valence-corrected chi connectivity index (χ1v) is 14.7. The van der Waals surface area contributed by atoms with Crippen LogP contribution in [0.1, 0.15) is 58.2 Å². The average Bonchev–Trinajstić information content (AvgIpc) is 2.98. The van der Waals surface area contributed by atoms with Gasteiger partial charge in [-0.1, -0.05) is 56.8 Å². The first kappa shape index (κ1) is 31.0. The van der Waals surface area contributed by atoms with Crippen molar-refractivity contribution in [3.05, 3.63) is 78.0 Å². The second-order valence-corrected chi connectivity index (χ2v) is 10.0. The van der Waals surface area contributed by atoms with Gasteiger partial charge in [-0.3, -0.25) is 4.99 Å². The van der Waals surface area contributed by atoms with Gasteiger partial charge in [-0.05, 0) is 69.0 Å². The number of carbonyl (C=O) groups excluding carboxylic acids is 1. The Balaban J connectivity index is 0.00000216. The van der Waals surface area contributed by atoms with E-state index in [1.807, 2.05) is 57.2 Å². The van der Waals surface area contributed by atoms with Crippen LogP contribution in [0.5, 0.6) is 0 Å². The van der Waals surface area contributed by atoms with E-state index in [4.69, 9.17) is 21.6 Å². The summed E-state index contributed by atoms with van der Waals surface area (Å²) in [6.07, 6.45) is 4.91. The van der Waals surface area contributed by atoms with Crippen LogP contribution in [0.15, 0.2) is 66.7 Å². The molecule has 4 rings (SSSR count). The fourth-order valence-electron chi connectivity index (χ4n) is 4.79. The summed E-state index contributed by atoms with van der Waals surface area (Å²) in [5, 5.41) is 0.688. The molecule has 212 valence electrons. The second kappa shape index (κ2) is 15.3. The van der Waals surface area contributed by atoms with Gasteiger partial charge in [-0.15, -0.1) is 0 Å². The fourth-order valence-corrected chi connectivity index (χ4v) is 4.92. The van der Waals surface area contributed by atoms with Crippen molar-refractivity contribution < 1.29 is 4.79 Å². The van der Waals surface area contributed by atoms with E-state index in [2.05, 4.69) is 40.1 Å². The van der Waals surface area contributed by atoms with Crippen LogP contribution >= 0.6 is 11.6 Å². The van der Waals surface area contributed by atoms with E-state index in [9.17, 15) is 4.79 Å². The SMILES string of the molecule is C=CC(=NCC)N1CCN(C(=C)c2ccc3nc(-c4ccc(Cl)cc4)c(CCCCC(C)=O)nc3c2)CC1.CC. The van der Waals surface area contributed by atoms with Crippen molar-refractivity contribution in [1.82, 2.24) is 19.8 Å². The minimum atomic E-state index is 0.217. The minimum Gasteiger partial charge on any atom is -0.368 e. The molecule has 0 bridgehead atoms. The maximum absolute atomic E-state index is 11.4. The van der Waals surface area contributed by atoms with Crippen LogP contribution in [0.25, 0.3) is 28.0 Å². The van der Waals surface area contributed by atoms with Gasteiger partial charge in [0, 0.05) is 55.4 Å². The van der Waals surface area contributed by atoms with Crippen molar-refractivity contribution in [3.8, 4) is 11.3 Å². The van der Waals surface area contributed by atoms with Crippen molar-refractivity contribution in [3.63, 3.8) is 0 Å². The Morgan fingerprint density at radius 3 is 2.30 bits per heavy atom. The molecule has 1 saturated heterocycles. The normalized spacial score (nSPS) is 13.6. The monoisotopic (exact) mass is 559 g/mol. The zero-order valence-corrected chi connectivity index (χ0v) is 25.2. The Morgan fingerprint density at radius 1 is 1.00 bits per heavy atom. The molecule has 0 spiro atoms. The number of aryl methyl sites for hydroxylation is 1. The summed E-state index contributed by atoms with van der Waals surface area (Å²) < 4.78 is 0. The van der Waals surface area contributed by atoms with E-state index < -0.39 is 0 Å². The van der Waals surface area contributed by atoms with Gasteiger partial charge in [-0.2, -0.15) is 0 Å². The molecule has 0 unspecified atom stereocenters. The number of aromatic nitrogens is 2. The summed E-state index contributed by atoms with van der Waals surface area (Å²) in [5.74, 6) is 1.18. The van der Waals surface area contributed by atoms with Crippen molar-refractivity contribution in [2.24, 2.45) is 4.99 Å². The zero-order valence-electron chi connectivity index (χ0n) is 24.4. The molecule has 1 aromatic heterocycles. The Morgan fingerprint density at radius 2 is 1.68 bits per heavy atom. The summed E-state index contributed by atoms with van der Waals surface area (Å²) in [6.45, 7) is 20.3. The first-order chi connectivity index (χ1) is 19.4. The number of hydrogen-bond donors (Lipinski definition) is 0. The Kier molecular flexibility index (Phi) is 11.9. The standard InChI is InChI=1S/C31H36ClN5O.C2H6/c1-5-30(33-6-2)37-19-17-36(18-20-37)23(4)25-13-16-27-29(21-25)34-28(10-8-7-9-22(3)38)31(35-27)24-11-14-26(32)15-12-24;1-2/h5,11-16,21H,1,4,6-10,17-20H2,2-3H3;1-2H3. The highest BCUT2D eigenvalue weighted by Gasteiger charge is 2.20. The molecule has 1 aliphatic rings. The van der Waals surface area contributed by atoms with E-state index in [1.54, 1.807) is 6.92 Å². The smallest absolute Gasteiger partial charge is 0.129 e. The number of unbranched alkanes of at least 4 members (excludes halogenated alkanes) is 1. The maximum Gasteiger partial charge on any atom is 0.129 e. The largest absolute Gasteiger partial charge is 0.368 e. The predicted octanol–water partition coefficient (Wildman–Crippen LogP) is 7.47. The molecule has 0 atom stereocenters. The number of aliphatic imine (C=N–C) groups is 1. The Labute approximate surface area is 244 Å². The highest BCUT2D eigenvalue weighted by atomic mass is 35.5. The van der Waals surface area contributed by atoms with Crippen molar-refractivity contribution in [2.45, 2.75) is 53.4 Å². The molecular weight excluding hydrogens is 518 g/mol. The van der Waals surface area contributed by atoms with Gasteiger partial charge in [0.15, 0.2) is 0 Å². The van der Waals surface area contributed by atoms with E-state index >= 15 is 0 Å². The highest BCUT2D eigenvalue weighted by Crippen LogP contribution is 2.28. The number of ketones is 1. The van der Waals surface area contributed by atoms with E-state index in [0.717, 1.165) is 97.1 Å². The van der Waals surface area contributed by atoms with Crippen molar-refractivity contribution in [1.29, 1.82) is 0 Å². The number of benzene rings is 2. The number of halogens is 1. The van der Waals surface area contributed by atoms with Crippen LogP contribution < -0.4 is 0 Å². The molecule has 0 radical (unpaired) electrons. The van der Waals surface area contributed by atoms with E-state index in [-0.39, 0.29) is 5.78 Å². The van der Waals surface area contributed by atoms with Gasteiger partial charge in [-0.25, -0.2) is 9.97 Å². The van der Waals surface area contributed by atoms with Gasteiger partial charge < -0.3 is 14.6 Å². The molecule has 0 aliphatic carbocycles. The third-order valence-electron chi connectivity index (χ3n) is 6.87. The topological polar surface area (TPSA) is 61.7 Å². The second-order valence-electron chi connectivity index (χ2n) is 9.60. The molecule has 2 heterocycles. The number of Topliss-reactive ketones (excluding diaryl/α,β-unsaturated/α-hetero) is 1. The zero-order chi connectivity index (χ0) is 29.1. The quantitative estimate of drug-likeness (QED) is 0.146. The molecule has 0 amide bonds. The highest BCUT2D eigenvalue weighted by molar-refractivity contribution is 6.30. The predicted molar refractivity (Wildman–Crippen MR) is 170 cm³/mol. The van der Waals surface area contributed by atoms with E-state index in [0.29, 0.717) is 11.4 Å². The van der Waals surface area contributed by atoms with E-state index in [1.165, 1.54) is 0 Å². The number of piperazine rings is 1. The third-order valence-corrected chi connectivity index (χ3v) is 7.12. The number of amidine groups is 1. The van der Waals surface area contributed by atoms with Crippen molar-refractivity contribution >= 4 is 40.0 Å². The third kappa shape index (κ3) is 8.01. The molecule has 7 heteroatoms. The van der Waals surface area contributed by atoms with Crippen LogP contribution in [-0.4, -0.2) is 64.1 Å². The summed E-state index contributed by atoms with van der Waals surface area (Å²) >= 11 is 6.13. The first-order valence-electron chi connectivity index (χ1n) is 14.3. The van der Waals surface area contributed by atoms with Gasteiger partial charge in [0.05, 0.1) is 22.4 Å². The summed E-state index contributed by atoms with van der Waals surface area (Å²) in [7, 11) is 0. The van der Waals surface area contributed by atoms with Crippen LogP contribution in [0.3, 0.4) is 0 Å². The summed E-state index contributed by atoms with van der Waals surface area (Å²) in [6, 6.07) is 13.9. The van der Waals surface area contributed by atoms with Crippen LogP contribution in [-0.2, 0) is 11.2 Å². The van der Waals surface area contributed by atoms with Crippen LogP contribution in [0.2, 0.25) is 5.02 Å². The molecular formula is C33H42ClN5O. The lowest BCUT2D eigenvalue weighted by atomic mass is 10.0. The van der Waals surface area contributed by atoms with Gasteiger partial charge >= 0.3 is 0 Å². The maximum atomic E-state index is 11.4. The van der Waals surface area contributed by atoms with Crippen molar-refractivity contribution in [2.75, 3.05) is 32.7 Å². The average molecular weight is 560 g/mol. The molecule has 2 aromatic carbocycles. The van der Waals surface area contributed by atoms with Gasteiger partial charge in [0.25, 0.3) is 0 Å². The number of fused-ring (bicyclic) bond motifs is 1. The summed E-state index contributed by atoms with van der Waals surface area (Å²) in [4.78, 5) is 30.6. The number of nitrogens with zero attached hydrogens (tertiary/aromatic N) is 5. The molecule has 0 N–H and O–H groups in total. The lowest BCUT2D eigenvalue weighted by Gasteiger charge is -2.38. The van der Waals surface area contributed by atoms with Gasteiger partial charge in [0.1, 0.15) is 11.6 Å². The molecule has 40 heavy (non-hydrogen) atoms. The number of carbonyl (C=O) groups is 1. The Hall–Kier alpha value is -3.51. The molecule has 0 saturated carbocycles. The molecule has 6 nitrogen and oxygen atoms in total. The summed E-state index contributed by atoms with van der Waals surface area (Å²) in [5.41, 5.74) is 6.53. The number of hydrogen-bond acceptors (Lipinski definition) is 5. The Bertz CT molecular complexity index is 1340. The van der Waals surface area contributed by atoms with Gasteiger partial charge in [0.2, 0.25) is 0 Å². The minimum absolute atomic E-state index is 0.217.